The molecule has 0 spiro atoms. The summed E-state index contributed by atoms with van der Waals surface area (Å²) in [4.78, 5) is 13.3. The second kappa shape index (κ2) is 11.3. The molecule has 2 heterocycles. The zero-order valence-corrected chi connectivity index (χ0v) is 22.3. The Morgan fingerprint density at radius 1 is 1.00 bits per heavy atom. The van der Waals surface area contributed by atoms with E-state index < -0.39 is 10.0 Å². The Hall–Kier alpha value is -3.44. The molecular formula is C26H32FN5O4S. The van der Waals surface area contributed by atoms with Crippen molar-refractivity contribution < 1.29 is 22.3 Å². The van der Waals surface area contributed by atoms with Crippen molar-refractivity contribution in [2.45, 2.75) is 18.7 Å². The number of hydrogen-bond acceptors (Lipinski definition) is 8. The van der Waals surface area contributed by atoms with E-state index in [-0.39, 0.29) is 29.9 Å². The number of likely N-dealkylation sites (N-methyl/N-ethyl adjacent to an activating group) is 1. The standard InChI is InChI=1S/C26H32FN5O4S/c1-19-17-23(35-4)18-20(2)25(19)37(33,34)30(3)15-16-36-26-28-10-9-24(29-26)32-13-11-31(12-14-32)22-7-5-21(27)6-8-22/h5-10,17-18H,11-16H2,1-4H3. The van der Waals surface area contributed by atoms with Gasteiger partial charge in [0, 0.05) is 51.7 Å². The predicted molar refractivity (Wildman–Crippen MR) is 141 cm³/mol. The topological polar surface area (TPSA) is 88.1 Å². The number of hydrogen-bond donors (Lipinski definition) is 0. The molecule has 198 valence electrons. The van der Waals surface area contributed by atoms with Gasteiger partial charge in [0.05, 0.1) is 12.0 Å². The number of sulfonamides is 1. The monoisotopic (exact) mass is 529 g/mol. The molecule has 0 bridgehead atoms. The molecule has 1 aliphatic heterocycles. The Balaban J connectivity index is 1.33. The molecule has 0 amide bonds. The highest BCUT2D eigenvalue weighted by Gasteiger charge is 2.26. The number of anilines is 2. The van der Waals surface area contributed by atoms with Gasteiger partial charge in [0.2, 0.25) is 10.0 Å². The average molecular weight is 530 g/mol. The Morgan fingerprint density at radius 2 is 1.62 bits per heavy atom. The van der Waals surface area contributed by atoms with Crippen molar-refractivity contribution in [3.05, 3.63) is 65.6 Å². The van der Waals surface area contributed by atoms with Crippen LogP contribution in [-0.4, -0.2) is 76.2 Å². The second-order valence-corrected chi connectivity index (χ2v) is 10.9. The largest absolute Gasteiger partial charge is 0.497 e. The van der Waals surface area contributed by atoms with E-state index in [0.717, 1.165) is 37.7 Å². The number of ether oxygens (including phenoxy) is 2. The van der Waals surface area contributed by atoms with Crippen LogP contribution in [0.2, 0.25) is 0 Å². The number of rotatable bonds is 9. The van der Waals surface area contributed by atoms with Gasteiger partial charge in [-0.25, -0.2) is 17.8 Å². The minimum absolute atomic E-state index is 0.103. The third-order valence-corrected chi connectivity index (χ3v) is 8.55. The van der Waals surface area contributed by atoms with Crippen LogP contribution in [0.15, 0.2) is 53.6 Å². The lowest BCUT2D eigenvalue weighted by molar-refractivity contribution is 0.267. The number of halogens is 1. The van der Waals surface area contributed by atoms with Gasteiger partial charge >= 0.3 is 6.01 Å². The number of benzene rings is 2. The quantitative estimate of drug-likeness (QED) is 0.418. The van der Waals surface area contributed by atoms with E-state index >= 15 is 0 Å². The summed E-state index contributed by atoms with van der Waals surface area (Å²) < 4.78 is 51.8. The summed E-state index contributed by atoms with van der Waals surface area (Å²) in [6.07, 6.45) is 1.63. The summed E-state index contributed by atoms with van der Waals surface area (Å²) in [7, 11) is -0.632. The van der Waals surface area contributed by atoms with Crippen molar-refractivity contribution in [1.82, 2.24) is 14.3 Å². The van der Waals surface area contributed by atoms with E-state index in [2.05, 4.69) is 19.8 Å². The van der Waals surface area contributed by atoms with Gasteiger partial charge < -0.3 is 19.3 Å². The van der Waals surface area contributed by atoms with Gasteiger partial charge in [-0.05, 0) is 67.4 Å². The van der Waals surface area contributed by atoms with Crippen molar-refractivity contribution in [2.75, 3.05) is 63.3 Å². The average Bonchev–Trinajstić information content (AvgIpc) is 2.88. The van der Waals surface area contributed by atoms with Crippen LogP contribution in [0.25, 0.3) is 0 Å². The maximum atomic E-state index is 13.2. The van der Waals surface area contributed by atoms with Crippen LogP contribution < -0.4 is 19.3 Å². The Morgan fingerprint density at radius 3 is 2.24 bits per heavy atom. The molecule has 0 unspecified atom stereocenters. The fourth-order valence-electron chi connectivity index (χ4n) is 4.40. The minimum atomic E-state index is -3.71. The molecule has 4 rings (SSSR count). The lowest BCUT2D eigenvalue weighted by atomic mass is 10.1. The van der Waals surface area contributed by atoms with Gasteiger partial charge in [0.15, 0.2) is 0 Å². The van der Waals surface area contributed by atoms with Gasteiger partial charge in [-0.1, -0.05) is 0 Å². The van der Waals surface area contributed by atoms with Crippen LogP contribution in [0.5, 0.6) is 11.8 Å². The number of aromatic nitrogens is 2. The van der Waals surface area contributed by atoms with E-state index in [0.29, 0.717) is 16.9 Å². The predicted octanol–water partition coefficient (Wildman–Crippen LogP) is 3.27. The molecule has 1 fully saturated rings. The molecule has 3 aromatic rings. The molecule has 9 nitrogen and oxygen atoms in total. The zero-order valence-electron chi connectivity index (χ0n) is 21.5. The molecule has 37 heavy (non-hydrogen) atoms. The fourth-order valence-corrected chi connectivity index (χ4v) is 5.96. The van der Waals surface area contributed by atoms with Crippen LogP contribution in [-0.2, 0) is 10.0 Å². The Bertz CT molecular complexity index is 1310. The summed E-state index contributed by atoms with van der Waals surface area (Å²) in [6.45, 7) is 6.79. The highest BCUT2D eigenvalue weighted by molar-refractivity contribution is 7.89. The highest BCUT2D eigenvalue weighted by atomic mass is 32.2. The van der Waals surface area contributed by atoms with Gasteiger partial charge in [0.1, 0.15) is 24.0 Å². The molecule has 1 aromatic heterocycles. The molecule has 0 N–H and O–H groups in total. The molecule has 0 saturated carbocycles. The smallest absolute Gasteiger partial charge is 0.318 e. The third kappa shape index (κ3) is 6.11. The SMILES string of the molecule is COc1cc(C)c(S(=O)(=O)N(C)CCOc2nccc(N3CCN(c4ccc(F)cc4)CC3)n2)c(C)c1. The van der Waals surface area contributed by atoms with Crippen LogP contribution in [0.4, 0.5) is 15.9 Å². The molecule has 0 atom stereocenters. The Labute approximate surface area is 217 Å². The first kappa shape index (κ1) is 26.6. The molecule has 11 heteroatoms. The van der Waals surface area contributed by atoms with Crippen molar-refractivity contribution in [2.24, 2.45) is 0 Å². The van der Waals surface area contributed by atoms with Crippen molar-refractivity contribution in [1.29, 1.82) is 0 Å². The van der Waals surface area contributed by atoms with E-state index in [1.54, 1.807) is 51.4 Å². The summed E-state index contributed by atoms with van der Waals surface area (Å²) in [5.41, 5.74) is 2.24. The minimum Gasteiger partial charge on any atom is -0.497 e. The van der Waals surface area contributed by atoms with Gasteiger partial charge in [0.25, 0.3) is 0 Å². The molecule has 1 aliphatic rings. The lowest BCUT2D eigenvalue weighted by Crippen LogP contribution is -2.46. The maximum Gasteiger partial charge on any atom is 0.318 e. The van der Waals surface area contributed by atoms with Crippen molar-refractivity contribution in [3.8, 4) is 11.8 Å². The van der Waals surface area contributed by atoms with Crippen LogP contribution in [0, 0.1) is 19.7 Å². The third-order valence-electron chi connectivity index (χ3n) is 6.39. The van der Waals surface area contributed by atoms with E-state index in [4.69, 9.17) is 9.47 Å². The normalized spacial score (nSPS) is 14.2. The molecular weight excluding hydrogens is 497 g/mol. The second-order valence-electron chi connectivity index (χ2n) is 8.91. The summed E-state index contributed by atoms with van der Waals surface area (Å²) >= 11 is 0. The highest BCUT2D eigenvalue weighted by Crippen LogP contribution is 2.28. The first-order valence-electron chi connectivity index (χ1n) is 12.0. The fraction of sp³-hybridized carbons (Fsp3) is 0.385. The number of aryl methyl sites for hydroxylation is 2. The first-order valence-corrected chi connectivity index (χ1v) is 13.5. The number of nitrogens with zero attached hydrogens (tertiary/aromatic N) is 5. The molecule has 1 saturated heterocycles. The number of methoxy groups -OCH3 is 1. The van der Waals surface area contributed by atoms with Gasteiger partial charge in [-0.15, -0.1) is 0 Å². The summed E-state index contributed by atoms with van der Waals surface area (Å²) in [5.74, 6) is 1.12. The summed E-state index contributed by atoms with van der Waals surface area (Å²) in [6, 6.07) is 12.0. The van der Waals surface area contributed by atoms with Gasteiger partial charge in [-0.3, -0.25) is 0 Å². The van der Waals surface area contributed by atoms with Crippen LogP contribution in [0.3, 0.4) is 0 Å². The van der Waals surface area contributed by atoms with Crippen LogP contribution >= 0.6 is 0 Å². The van der Waals surface area contributed by atoms with Crippen molar-refractivity contribution >= 4 is 21.5 Å². The summed E-state index contributed by atoms with van der Waals surface area (Å²) in [5, 5.41) is 0. The number of piperazine rings is 1. The lowest BCUT2D eigenvalue weighted by Gasteiger charge is -2.36. The van der Waals surface area contributed by atoms with E-state index in [1.807, 2.05) is 6.07 Å². The van der Waals surface area contributed by atoms with Gasteiger partial charge in [-0.2, -0.15) is 9.29 Å². The maximum absolute atomic E-state index is 13.2. The molecule has 2 aromatic carbocycles. The van der Waals surface area contributed by atoms with Crippen molar-refractivity contribution in [3.63, 3.8) is 0 Å². The first-order chi connectivity index (χ1) is 17.7. The van der Waals surface area contributed by atoms with E-state index in [1.165, 1.54) is 23.5 Å². The molecule has 0 aliphatic carbocycles. The Kier molecular flexibility index (Phi) is 8.13. The van der Waals surface area contributed by atoms with Crippen LogP contribution in [0.1, 0.15) is 11.1 Å². The van der Waals surface area contributed by atoms with E-state index in [9.17, 15) is 12.8 Å². The molecule has 0 radical (unpaired) electrons. The zero-order chi connectivity index (χ0) is 26.6.